The minimum Gasteiger partial charge on any atom is -0.384 e. The summed E-state index contributed by atoms with van der Waals surface area (Å²) in [7, 11) is 0. The fourth-order valence-corrected chi connectivity index (χ4v) is 1.84. The lowest BCUT2D eigenvalue weighted by Crippen LogP contribution is -2.22. The van der Waals surface area contributed by atoms with Crippen LogP contribution in [-0.2, 0) is 6.54 Å². The Balaban J connectivity index is 2.06. The molecule has 0 saturated heterocycles. The highest BCUT2D eigenvalue weighted by Crippen LogP contribution is 2.03. The van der Waals surface area contributed by atoms with Gasteiger partial charge in [-0.3, -0.25) is 4.98 Å². The maximum atomic E-state index is 12.1. The van der Waals surface area contributed by atoms with Crippen LogP contribution in [0.3, 0.4) is 0 Å². The first-order valence-electron chi connectivity index (χ1n) is 5.63. The summed E-state index contributed by atoms with van der Waals surface area (Å²) in [5, 5.41) is 4.15. The molecule has 19 heavy (non-hydrogen) atoms. The van der Waals surface area contributed by atoms with Crippen molar-refractivity contribution in [3.8, 4) is 0 Å². The quantitative estimate of drug-likeness (QED) is 0.671. The van der Waals surface area contributed by atoms with Crippen LogP contribution in [-0.4, -0.2) is 29.1 Å². The van der Waals surface area contributed by atoms with E-state index >= 15 is 0 Å². The number of hydrogen-bond donors (Lipinski definition) is 1. The van der Waals surface area contributed by atoms with E-state index in [4.69, 9.17) is 5.73 Å². The van der Waals surface area contributed by atoms with Crippen LogP contribution in [0, 0.1) is 6.92 Å². The van der Waals surface area contributed by atoms with Crippen LogP contribution in [0.25, 0.3) is 5.65 Å². The van der Waals surface area contributed by atoms with Gasteiger partial charge in [0.2, 0.25) is 0 Å². The molecule has 0 aliphatic rings. The van der Waals surface area contributed by atoms with Gasteiger partial charge in [0, 0.05) is 24.2 Å². The second-order valence-corrected chi connectivity index (χ2v) is 4.10. The summed E-state index contributed by atoms with van der Waals surface area (Å²) in [6.07, 6.45) is 4.61. The molecule has 3 aromatic heterocycles. The van der Waals surface area contributed by atoms with Crippen LogP contribution in [0.15, 0.2) is 29.5 Å². The molecule has 3 rings (SSSR count). The molecule has 8 heteroatoms. The Bertz CT molecular complexity index is 784. The number of nitrogens with two attached hydrogens (primary N) is 1. The molecular formula is C11H11N7O. The first-order chi connectivity index (χ1) is 9.13. The van der Waals surface area contributed by atoms with Gasteiger partial charge in [-0.1, -0.05) is 0 Å². The lowest BCUT2D eigenvalue weighted by Gasteiger charge is -2.01. The predicted octanol–water partition coefficient (Wildman–Crippen LogP) is -0.380. The fraction of sp³-hybridized carbons (Fsp3) is 0.182. The molecule has 0 fully saturated rings. The van der Waals surface area contributed by atoms with Crippen molar-refractivity contribution in [2.75, 3.05) is 5.73 Å². The summed E-state index contributed by atoms with van der Waals surface area (Å²) in [5.41, 5.74) is 6.62. The van der Waals surface area contributed by atoms with Gasteiger partial charge in [0.1, 0.15) is 12.4 Å². The molecule has 0 unspecified atom stereocenters. The molecule has 0 aromatic carbocycles. The molecule has 0 saturated carbocycles. The molecule has 8 nitrogen and oxygen atoms in total. The second kappa shape index (κ2) is 4.16. The number of aryl methyl sites for hydroxylation is 1. The highest BCUT2D eigenvalue weighted by molar-refractivity contribution is 5.32. The Morgan fingerprint density at radius 1 is 1.37 bits per heavy atom. The SMILES string of the molecule is Cc1cc(N)nc(Cn2nc3cnccn3c2=O)n1. The van der Waals surface area contributed by atoms with E-state index in [-0.39, 0.29) is 12.2 Å². The molecule has 96 valence electrons. The van der Waals surface area contributed by atoms with Gasteiger partial charge < -0.3 is 5.73 Å². The van der Waals surface area contributed by atoms with Crippen LogP contribution in [0.5, 0.6) is 0 Å². The van der Waals surface area contributed by atoms with Crippen molar-refractivity contribution < 1.29 is 0 Å². The molecule has 0 radical (unpaired) electrons. The predicted molar refractivity (Wildman–Crippen MR) is 67.5 cm³/mol. The second-order valence-electron chi connectivity index (χ2n) is 4.10. The van der Waals surface area contributed by atoms with E-state index < -0.39 is 0 Å². The number of nitrogen functional groups attached to an aromatic ring is 1. The summed E-state index contributed by atoms with van der Waals surface area (Å²) in [6.45, 7) is 1.99. The molecule has 2 N–H and O–H groups in total. The first-order valence-corrected chi connectivity index (χ1v) is 5.63. The van der Waals surface area contributed by atoms with Gasteiger partial charge in [-0.15, -0.1) is 5.10 Å². The van der Waals surface area contributed by atoms with E-state index in [9.17, 15) is 4.79 Å². The molecule has 0 spiro atoms. The Morgan fingerprint density at radius 3 is 2.95 bits per heavy atom. The van der Waals surface area contributed by atoms with Crippen LogP contribution in [0.1, 0.15) is 11.5 Å². The van der Waals surface area contributed by atoms with Gasteiger partial charge in [0.05, 0.1) is 6.20 Å². The highest BCUT2D eigenvalue weighted by Gasteiger charge is 2.09. The Labute approximate surface area is 107 Å². The van der Waals surface area contributed by atoms with E-state index in [1.54, 1.807) is 12.3 Å². The Morgan fingerprint density at radius 2 is 2.21 bits per heavy atom. The van der Waals surface area contributed by atoms with Gasteiger partial charge in [0.25, 0.3) is 0 Å². The Kier molecular flexibility index (Phi) is 2.48. The molecule has 3 heterocycles. The third-order valence-electron chi connectivity index (χ3n) is 2.60. The van der Waals surface area contributed by atoms with Crippen molar-refractivity contribution >= 4 is 11.5 Å². The van der Waals surface area contributed by atoms with E-state index in [1.165, 1.54) is 21.5 Å². The van der Waals surface area contributed by atoms with Crippen molar-refractivity contribution in [1.82, 2.24) is 29.1 Å². The molecular weight excluding hydrogens is 246 g/mol. The number of anilines is 1. The monoisotopic (exact) mass is 257 g/mol. The van der Waals surface area contributed by atoms with E-state index in [2.05, 4.69) is 20.1 Å². The Hall–Kier alpha value is -2.77. The van der Waals surface area contributed by atoms with Crippen LogP contribution in [0.2, 0.25) is 0 Å². The summed E-state index contributed by atoms with van der Waals surface area (Å²) in [4.78, 5) is 24.3. The third kappa shape index (κ3) is 2.03. The van der Waals surface area contributed by atoms with Gasteiger partial charge in [-0.25, -0.2) is 23.8 Å². The van der Waals surface area contributed by atoms with Gasteiger partial charge >= 0.3 is 5.69 Å². The van der Waals surface area contributed by atoms with Crippen molar-refractivity contribution in [2.24, 2.45) is 0 Å². The minimum atomic E-state index is -0.263. The zero-order valence-electron chi connectivity index (χ0n) is 10.2. The molecule has 0 amide bonds. The smallest absolute Gasteiger partial charge is 0.350 e. The number of hydrogen-bond acceptors (Lipinski definition) is 6. The van der Waals surface area contributed by atoms with Crippen molar-refractivity contribution in [3.05, 3.63) is 46.7 Å². The van der Waals surface area contributed by atoms with Gasteiger partial charge in [0.15, 0.2) is 11.5 Å². The average molecular weight is 257 g/mol. The van der Waals surface area contributed by atoms with Crippen LogP contribution >= 0.6 is 0 Å². The largest absolute Gasteiger partial charge is 0.384 e. The molecule has 0 atom stereocenters. The summed E-state index contributed by atoms with van der Waals surface area (Å²) < 4.78 is 2.69. The first kappa shape index (κ1) is 11.3. The average Bonchev–Trinajstić information content (AvgIpc) is 2.66. The molecule has 0 aliphatic heterocycles. The number of fused-ring (bicyclic) bond motifs is 1. The number of nitrogens with zero attached hydrogens (tertiary/aromatic N) is 6. The van der Waals surface area contributed by atoms with Gasteiger partial charge in [-0.2, -0.15) is 0 Å². The third-order valence-corrected chi connectivity index (χ3v) is 2.60. The molecule has 0 aliphatic carbocycles. The lowest BCUT2D eigenvalue weighted by molar-refractivity contribution is 0.630. The van der Waals surface area contributed by atoms with Crippen molar-refractivity contribution in [2.45, 2.75) is 13.5 Å². The fourth-order valence-electron chi connectivity index (χ4n) is 1.84. The lowest BCUT2D eigenvalue weighted by atomic mass is 10.4. The van der Waals surface area contributed by atoms with Crippen LogP contribution in [0.4, 0.5) is 5.82 Å². The number of aromatic nitrogens is 6. The minimum absolute atomic E-state index is 0.173. The summed E-state index contributed by atoms with van der Waals surface area (Å²) in [5.74, 6) is 0.831. The summed E-state index contributed by atoms with van der Waals surface area (Å²) >= 11 is 0. The topological polar surface area (TPSA) is 104 Å². The van der Waals surface area contributed by atoms with E-state index in [1.807, 2.05) is 6.92 Å². The highest BCUT2D eigenvalue weighted by atomic mass is 16.2. The zero-order chi connectivity index (χ0) is 13.4. The maximum Gasteiger partial charge on any atom is 0.350 e. The van der Waals surface area contributed by atoms with E-state index in [0.29, 0.717) is 17.3 Å². The van der Waals surface area contributed by atoms with Crippen molar-refractivity contribution in [1.29, 1.82) is 0 Å². The summed E-state index contributed by atoms with van der Waals surface area (Å²) in [6, 6.07) is 1.67. The number of rotatable bonds is 2. The van der Waals surface area contributed by atoms with E-state index in [0.717, 1.165) is 5.69 Å². The molecule has 0 bridgehead atoms. The molecule has 3 aromatic rings. The zero-order valence-corrected chi connectivity index (χ0v) is 10.2. The standard InChI is InChI=1S/C11H11N7O/c1-7-4-8(12)15-9(14-7)6-18-11(19)17-3-2-13-5-10(17)16-18/h2-5H,6H2,1H3,(H2,12,14,15). The van der Waals surface area contributed by atoms with Crippen LogP contribution < -0.4 is 11.4 Å². The maximum absolute atomic E-state index is 12.1. The van der Waals surface area contributed by atoms with Gasteiger partial charge in [-0.05, 0) is 6.92 Å². The normalized spacial score (nSPS) is 11.0. The van der Waals surface area contributed by atoms with Crippen molar-refractivity contribution in [3.63, 3.8) is 0 Å².